The van der Waals surface area contributed by atoms with Crippen molar-refractivity contribution in [2.45, 2.75) is 51.6 Å². The summed E-state index contributed by atoms with van der Waals surface area (Å²) in [5, 5.41) is 16.9. The summed E-state index contributed by atoms with van der Waals surface area (Å²) in [6, 6.07) is 0.714. The molecule has 0 aliphatic carbocycles. The van der Waals surface area contributed by atoms with Crippen LogP contribution in [0.2, 0.25) is 0 Å². The molecule has 1 aromatic heterocycles. The number of nitrogens with one attached hydrogen (secondary N) is 1. The van der Waals surface area contributed by atoms with E-state index in [9.17, 15) is 9.90 Å². The molecule has 0 saturated carbocycles. The Morgan fingerprint density at radius 2 is 1.88 bits per heavy atom. The van der Waals surface area contributed by atoms with E-state index in [0.29, 0.717) is 18.6 Å². The Kier molecular flexibility index (Phi) is 5.76. The number of aliphatic hydroxyl groups excluding tert-OH is 1. The van der Waals surface area contributed by atoms with Gasteiger partial charge >= 0.3 is 0 Å². The molecule has 0 spiro atoms. The van der Waals surface area contributed by atoms with Crippen LogP contribution in [0.1, 0.15) is 37.1 Å². The van der Waals surface area contributed by atoms with Gasteiger partial charge in [-0.15, -0.1) is 0 Å². The Bertz CT molecular complexity index is 615. The van der Waals surface area contributed by atoms with Gasteiger partial charge in [0.15, 0.2) is 0 Å². The van der Waals surface area contributed by atoms with E-state index in [1.165, 1.54) is 0 Å². The number of aromatic nitrogens is 2. The molecule has 2 aliphatic rings. The van der Waals surface area contributed by atoms with E-state index in [1.54, 1.807) is 4.68 Å². The van der Waals surface area contributed by atoms with E-state index >= 15 is 0 Å². The third kappa shape index (κ3) is 4.04. The lowest BCUT2D eigenvalue weighted by molar-refractivity contribution is -0.117. The molecule has 2 aliphatic heterocycles. The number of aryl methyl sites for hydroxylation is 2. The molecule has 2 fully saturated rings. The van der Waals surface area contributed by atoms with Gasteiger partial charge < -0.3 is 10.4 Å². The average Bonchev–Trinajstić information content (AvgIpc) is 3.26. The number of hydrogen-bond donors (Lipinski definition) is 2. The van der Waals surface area contributed by atoms with E-state index in [1.807, 2.05) is 20.9 Å². The largest absolute Gasteiger partial charge is 0.395 e. The van der Waals surface area contributed by atoms with Crippen LogP contribution in [0.4, 0.5) is 5.69 Å². The van der Waals surface area contributed by atoms with Gasteiger partial charge in [-0.1, -0.05) is 0 Å². The van der Waals surface area contributed by atoms with Crippen LogP contribution in [0.3, 0.4) is 0 Å². The van der Waals surface area contributed by atoms with E-state index in [-0.39, 0.29) is 12.5 Å². The highest BCUT2D eigenvalue weighted by atomic mass is 16.3. The Hall–Kier alpha value is -1.44. The second-order valence-electron chi connectivity index (χ2n) is 7.46. The summed E-state index contributed by atoms with van der Waals surface area (Å²) in [5.74, 6) is 0.0335. The summed E-state index contributed by atoms with van der Waals surface area (Å²) in [6.45, 7) is 7.56. The van der Waals surface area contributed by atoms with Gasteiger partial charge in [0.1, 0.15) is 0 Å². The summed E-state index contributed by atoms with van der Waals surface area (Å²) >= 11 is 0. The van der Waals surface area contributed by atoms with Crippen LogP contribution in [-0.2, 0) is 11.8 Å². The van der Waals surface area contributed by atoms with Crippen molar-refractivity contribution in [3.8, 4) is 0 Å². The third-order valence-corrected chi connectivity index (χ3v) is 5.77. The first-order valence-corrected chi connectivity index (χ1v) is 9.38. The molecule has 3 rings (SSSR count). The quantitative estimate of drug-likeness (QED) is 0.798. The molecule has 140 valence electrons. The fourth-order valence-corrected chi connectivity index (χ4v) is 4.24. The third-order valence-electron chi connectivity index (χ3n) is 5.77. The van der Waals surface area contributed by atoms with Crippen LogP contribution in [0.25, 0.3) is 0 Å². The topological polar surface area (TPSA) is 73.6 Å². The van der Waals surface area contributed by atoms with Crippen molar-refractivity contribution in [1.82, 2.24) is 19.6 Å². The first kappa shape index (κ1) is 18.4. The van der Waals surface area contributed by atoms with Crippen molar-refractivity contribution in [3.63, 3.8) is 0 Å². The predicted octanol–water partition coefficient (Wildman–Crippen LogP) is 0.897. The standard InChI is InChI=1S/C18H31N5O2/c1-13-18(14(2)21(3)20-13)19-17(25)11-23-9-4-6-15(23)10-22-8-5-7-16(22)12-24/h15-16,24H,4-12H2,1-3H3,(H,19,25). The second-order valence-corrected chi connectivity index (χ2v) is 7.46. The van der Waals surface area contributed by atoms with Gasteiger partial charge in [-0.3, -0.25) is 19.3 Å². The number of aliphatic hydroxyl groups is 1. The molecule has 25 heavy (non-hydrogen) atoms. The second kappa shape index (κ2) is 7.85. The predicted molar refractivity (Wildman–Crippen MR) is 97.6 cm³/mol. The van der Waals surface area contributed by atoms with E-state index < -0.39 is 0 Å². The molecule has 2 unspecified atom stereocenters. The number of carbonyl (C=O) groups excluding carboxylic acids is 1. The van der Waals surface area contributed by atoms with Gasteiger partial charge in [0.05, 0.1) is 30.2 Å². The number of anilines is 1. The molecular formula is C18H31N5O2. The molecule has 2 atom stereocenters. The first-order chi connectivity index (χ1) is 12.0. The maximum atomic E-state index is 12.5. The van der Waals surface area contributed by atoms with Gasteiger partial charge in [0.25, 0.3) is 0 Å². The fraction of sp³-hybridized carbons (Fsp3) is 0.778. The smallest absolute Gasteiger partial charge is 0.238 e. The number of nitrogens with zero attached hydrogens (tertiary/aromatic N) is 4. The summed E-state index contributed by atoms with van der Waals surface area (Å²) in [4.78, 5) is 17.2. The lowest BCUT2D eigenvalue weighted by atomic mass is 10.2. The zero-order valence-corrected chi connectivity index (χ0v) is 15.7. The molecule has 2 N–H and O–H groups in total. The van der Waals surface area contributed by atoms with Gasteiger partial charge in [0.2, 0.25) is 5.91 Å². The highest BCUT2D eigenvalue weighted by molar-refractivity contribution is 5.93. The number of likely N-dealkylation sites (tertiary alicyclic amines) is 2. The van der Waals surface area contributed by atoms with Gasteiger partial charge in [0, 0.05) is 25.7 Å². The van der Waals surface area contributed by atoms with Gasteiger partial charge in [-0.2, -0.15) is 5.10 Å². The van der Waals surface area contributed by atoms with Crippen molar-refractivity contribution < 1.29 is 9.90 Å². The summed E-state index contributed by atoms with van der Waals surface area (Å²) in [7, 11) is 1.89. The molecule has 3 heterocycles. The number of rotatable bonds is 6. The van der Waals surface area contributed by atoms with E-state index in [0.717, 1.165) is 62.4 Å². The molecule has 1 amide bonds. The van der Waals surface area contributed by atoms with Crippen LogP contribution < -0.4 is 5.32 Å². The number of carbonyl (C=O) groups is 1. The monoisotopic (exact) mass is 349 g/mol. The van der Waals surface area contributed by atoms with Crippen LogP contribution in [0.5, 0.6) is 0 Å². The minimum absolute atomic E-state index is 0.0335. The molecule has 7 heteroatoms. The van der Waals surface area contributed by atoms with E-state index in [4.69, 9.17) is 0 Å². The SMILES string of the molecule is Cc1nn(C)c(C)c1NC(=O)CN1CCCC1CN1CCCC1CO. The normalized spacial score (nSPS) is 25.0. The average molecular weight is 349 g/mol. The highest BCUT2D eigenvalue weighted by Gasteiger charge is 2.32. The van der Waals surface area contributed by atoms with Crippen LogP contribution in [-0.4, -0.2) is 75.5 Å². The molecule has 1 aromatic rings. The molecule has 0 aromatic carbocycles. The van der Waals surface area contributed by atoms with E-state index in [2.05, 4.69) is 20.2 Å². The Labute approximate surface area is 150 Å². The minimum atomic E-state index is 0.0335. The lowest BCUT2D eigenvalue weighted by Crippen LogP contribution is -2.45. The highest BCUT2D eigenvalue weighted by Crippen LogP contribution is 2.24. The molecule has 2 saturated heterocycles. The molecule has 0 radical (unpaired) electrons. The maximum Gasteiger partial charge on any atom is 0.238 e. The van der Waals surface area contributed by atoms with Crippen molar-refractivity contribution in [3.05, 3.63) is 11.4 Å². The Morgan fingerprint density at radius 1 is 1.20 bits per heavy atom. The fourth-order valence-electron chi connectivity index (χ4n) is 4.24. The molecule has 0 bridgehead atoms. The van der Waals surface area contributed by atoms with Crippen LogP contribution >= 0.6 is 0 Å². The van der Waals surface area contributed by atoms with Crippen molar-refractivity contribution in [1.29, 1.82) is 0 Å². The number of amides is 1. The van der Waals surface area contributed by atoms with Gasteiger partial charge in [-0.05, 0) is 52.6 Å². The zero-order chi connectivity index (χ0) is 18.0. The van der Waals surface area contributed by atoms with Crippen LogP contribution in [0, 0.1) is 13.8 Å². The maximum absolute atomic E-state index is 12.5. The zero-order valence-electron chi connectivity index (χ0n) is 15.7. The van der Waals surface area contributed by atoms with Crippen molar-refractivity contribution in [2.24, 2.45) is 7.05 Å². The van der Waals surface area contributed by atoms with Gasteiger partial charge in [-0.25, -0.2) is 0 Å². The first-order valence-electron chi connectivity index (χ1n) is 9.38. The number of hydrogen-bond acceptors (Lipinski definition) is 5. The summed E-state index contributed by atoms with van der Waals surface area (Å²) in [5.41, 5.74) is 2.67. The lowest BCUT2D eigenvalue weighted by Gasteiger charge is -2.31. The van der Waals surface area contributed by atoms with Crippen molar-refractivity contribution in [2.75, 3.05) is 38.1 Å². The van der Waals surface area contributed by atoms with Crippen molar-refractivity contribution >= 4 is 11.6 Å². The Morgan fingerprint density at radius 3 is 2.52 bits per heavy atom. The molecule has 7 nitrogen and oxygen atoms in total. The summed E-state index contributed by atoms with van der Waals surface area (Å²) < 4.78 is 1.80. The minimum Gasteiger partial charge on any atom is -0.395 e. The Balaban J connectivity index is 1.56. The van der Waals surface area contributed by atoms with Crippen LogP contribution in [0.15, 0.2) is 0 Å². The summed E-state index contributed by atoms with van der Waals surface area (Å²) in [6.07, 6.45) is 4.52. The molecular weight excluding hydrogens is 318 g/mol.